The molecule has 0 radical (unpaired) electrons. The van der Waals surface area contributed by atoms with Gasteiger partial charge in [0.25, 0.3) is 5.91 Å². The third kappa shape index (κ3) is 4.15. The van der Waals surface area contributed by atoms with Crippen molar-refractivity contribution < 1.29 is 19.0 Å². The Labute approximate surface area is 183 Å². The third-order valence-corrected chi connectivity index (χ3v) is 5.80. The molecule has 31 heavy (non-hydrogen) atoms. The number of pyridine rings is 1. The van der Waals surface area contributed by atoms with Crippen LogP contribution in [-0.4, -0.2) is 37.2 Å². The maximum absolute atomic E-state index is 13.6. The SMILES string of the molecule is COc1ccc(C(=O)N(Cc2cccnc2)c2nc3c(OC)cccc3s2)cc1OC. The second kappa shape index (κ2) is 9.01. The van der Waals surface area contributed by atoms with Gasteiger partial charge in [-0.2, -0.15) is 0 Å². The molecule has 0 saturated heterocycles. The number of rotatable bonds is 7. The summed E-state index contributed by atoms with van der Waals surface area (Å²) in [6.45, 7) is 0.323. The van der Waals surface area contributed by atoms with Gasteiger partial charge in [0.1, 0.15) is 11.3 Å². The van der Waals surface area contributed by atoms with E-state index in [9.17, 15) is 4.79 Å². The fourth-order valence-electron chi connectivity index (χ4n) is 3.22. The quantitative estimate of drug-likeness (QED) is 0.424. The summed E-state index contributed by atoms with van der Waals surface area (Å²) in [5.74, 6) is 1.51. The molecule has 0 spiro atoms. The molecule has 4 aromatic rings. The van der Waals surface area contributed by atoms with Gasteiger partial charge in [0.05, 0.1) is 32.6 Å². The number of anilines is 1. The van der Waals surface area contributed by atoms with E-state index in [1.807, 2.05) is 30.3 Å². The Kier molecular flexibility index (Phi) is 5.99. The van der Waals surface area contributed by atoms with Crippen LogP contribution >= 0.6 is 11.3 Å². The zero-order valence-corrected chi connectivity index (χ0v) is 18.2. The average molecular weight is 436 g/mol. The Bertz CT molecular complexity index is 1210. The maximum Gasteiger partial charge on any atom is 0.260 e. The Morgan fingerprint density at radius 2 is 1.77 bits per heavy atom. The zero-order chi connectivity index (χ0) is 21.8. The van der Waals surface area contributed by atoms with E-state index in [-0.39, 0.29) is 5.91 Å². The number of para-hydroxylation sites is 1. The van der Waals surface area contributed by atoms with Crippen LogP contribution in [-0.2, 0) is 6.54 Å². The van der Waals surface area contributed by atoms with Gasteiger partial charge in [0.15, 0.2) is 16.6 Å². The van der Waals surface area contributed by atoms with Gasteiger partial charge in [-0.3, -0.25) is 14.7 Å². The highest BCUT2D eigenvalue weighted by molar-refractivity contribution is 7.22. The first-order valence-electron chi connectivity index (χ1n) is 9.51. The third-order valence-electron chi connectivity index (χ3n) is 4.76. The molecule has 2 heterocycles. The largest absolute Gasteiger partial charge is 0.494 e. The number of hydrogen-bond acceptors (Lipinski definition) is 7. The molecule has 2 aromatic carbocycles. The summed E-state index contributed by atoms with van der Waals surface area (Å²) in [6.07, 6.45) is 3.44. The first-order chi connectivity index (χ1) is 15.1. The maximum atomic E-state index is 13.6. The minimum atomic E-state index is -0.206. The predicted octanol–water partition coefficient (Wildman–Crippen LogP) is 4.56. The number of thiazole rings is 1. The molecule has 0 aliphatic heterocycles. The van der Waals surface area contributed by atoms with E-state index in [0.717, 1.165) is 15.8 Å². The lowest BCUT2D eigenvalue weighted by Gasteiger charge is -2.20. The fraction of sp³-hybridized carbons (Fsp3) is 0.174. The molecule has 0 atom stereocenters. The number of nitrogens with zero attached hydrogens (tertiary/aromatic N) is 3. The summed E-state index contributed by atoms with van der Waals surface area (Å²) >= 11 is 1.43. The van der Waals surface area contributed by atoms with E-state index in [4.69, 9.17) is 19.2 Å². The fourth-order valence-corrected chi connectivity index (χ4v) is 4.20. The molecule has 0 aliphatic rings. The summed E-state index contributed by atoms with van der Waals surface area (Å²) in [6, 6.07) is 14.6. The van der Waals surface area contributed by atoms with Crippen molar-refractivity contribution in [1.82, 2.24) is 9.97 Å². The van der Waals surface area contributed by atoms with Gasteiger partial charge in [0.2, 0.25) is 0 Å². The second-order valence-corrected chi connectivity index (χ2v) is 7.63. The number of ether oxygens (including phenoxy) is 3. The second-order valence-electron chi connectivity index (χ2n) is 6.63. The van der Waals surface area contributed by atoms with Crippen molar-refractivity contribution in [3.63, 3.8) is 0 Å². The summed E-state index contributed by atoms with van der Waals surface area (Å²) < 4.78 is 17.0. The highest BCUT2D eigenvalue weighted by Gasteiger charge is 2.24. The van der Waals surface area contributed by atoms with Crippen molar-refractivity contribution in [3.05, 3.63) is 72.1 Å². The molecule has 2 aromatic heterocycles. The Hall–Kier alpha value is -3.65. The molecule has 158 valence electrons. The van der Waals surface area contributed by atoms with Gasteiger partial charge in [0, 0.05) is 18.0 Å². The minimum Gasteiger partial charge on any atom is -0.494 e. The van der Waals surface area contributed by atoms with Gasteiger partial charge < -0.3 is 14.2 Å². The van der Waals surface area contributed by atoms with E-state index >= 15 is 0 Å². The van der Waals surface area contributed by atoms with Crippen molar-refractivity contribution >= 4 is 32.6 Å². The molecule has 0 N–H and O–H groups in total. The molecule has 1 amide bonds. The van der Waals surface area contributed by atoms with Crippen molar-refractivity contribution in [1.29, 1.82) is 0 Å². The highest BCUT2D eigenvalue weighted by atomic mass is 32.1. The molecule has 0 bridgehead atoms. The van der Waals surface area contributed by atoms with E-state index in [1.165, 1.54) is 11.3 Å². The standard InChI is InChI=1S/C23H21N3O4S/c1-28-17-10-9-16(12-19(17)30-3)22(27)26(14-15-6-5-11-24-13-15)23-25-21-18(29-2)7-4-8-20(21)31-23/h4-13H,14H2,1-3H3. The van der Waals surface area contributed by atoms with E-state index in [1.54, 1.807) is 56.8 Å². The van der Waals surface area contributed by atoms with Gasteiger partial charge in [-0.05, 0) is 42.0 Å². The number of carbonyl (C=O) groups excluding carboxylic acids is 1. The van der Waals surface area contributed by atoms with Crippen LogP contribution in [0.5, 0.6) is 17.2 Å². The summed E-state index contributed by atoms with van der Waals surface area (Å²) in [7, 11) is 4.71. The van der Waals surface area contributed by atoms with Crippen LogP contribution in [0.4, 0.5) is 5.13 Å². The summed E-state index contributed by atoms with van der Waals surface area (Å²) in [5.41, 5.74) is 2.08. The first kappa shape index (κ1) is 20.6. The first-order valence-corrected chi connectivity index (χ1v) is 10.3. The Morgan fingerprint density at radius 3 is 2.48 bits per heavy atom. The van der Waals surface area contributed by atoms with Crippen LogP contribution in [0.1, 0.15) is 15.9 Å². The minimum absolute atomic E-state index is 0.206. The van der Waals surface area contributed by atoms with Crippen LogP contribution in [0, 0.1) is 0 Å². The van der Waals surface area contributed by atoms with Crippen molar-refractivity contribution in [2.75, 3.05) is 26.2 Å². The van der Waals surface area contributed by atoms with Crippen LogP contribution in [0.15, 0.2) is 60.9 Å². The number of amides is 1. The van der Waals surface area contributed by atoms with E-state index in [0.29, 0.717) is 34.5 Å². The number of hydrogen-bond donors (Lipinski definition) is 0. The smallest absolute Gasteiger partial charge is 0.260 e. The lowest BCUT2D eigenvalue weighted by atomic mass is 10.1. The van der Waals surface area contributed by atoms with Crippen molar-refractivity contribution in [2.24, 2.45) is 0 Å². The zero-order valence-electron chi connectivity index (χ0n) is 17.4. The number of carbonyl (C=O) groups is 1. The van der Waals surface area contributed by atoms with Crippen molar-refractivity contribution in [2.45, 2.75) is 6.54 Å². The Balaban J connectivity index is 1.79. The lowest BCUT2D eigenvalue weighted by Crippen LogP contribution is -2.30. The molecular weight excluding hydrogens is 414 g/mol. The molecule has 0 saturated carbocycles. The number of benzene rings is 2. The van der Waals surface area contributed by atoms with Gasteiger partial charge in [-0.1, -0.05) is 23.5 Å². The Morgan fingerprint density at radius 1 is 0.968 bits per heavy atom. The molecule has 4 rings (SSSR count). The lowest BCUT2D eigenvalue weighted by molar-refractivity contribution is 0.0984. The van der Waals surface area contributed by atoms with Crippen LogP contribution < -0.4 is 19.1 Å². The number of fused-ring (bicyclic) bond motifs is 1. The average Bonchev–Trinajstić information content (AvgIpc) is 3.26. The van der Waals surface area contributed by atoms with Gasteiger partial charge in [-0.25, -0.2) is 4.98 Å². The summed E-state index contributed by atoms with van der Waals surface area (Å²) in [5, 5.41) is 0.572. The van der Waals surface area contributed by atoms with E-state index < -0.39 is 0 Å². The highest BCUT2D eigenvalue weighted by Crippen LogP contribution is 2.36. The van der Waals surface area contributed by atoms with Crippen molar-refractivity contribution in [3.8, 4) is 17.2 Å². The molecule has 0 aliphatic carbocycles. The molecule has 7 nitrogen and oxygen atoms in total. The topological polar surface area (TPSA) is 73.8 Å². The monoisotopic (exact) mass is 435 g/mol. The number of methoxy groups -OCH3 is 3. The molecule has 0 fully saturated rings. The number of aromatic nitrogens is 2. The van der Waals surface area contributed by atoms with Crippen LogP contribution in [0.3, 0.4) is 0 Å². The predicted molar refractivity (Wildman–Crippen MR) is 120 cm³/mol. The van der Waals surface area contributed by atoms with Gasteiger partial charge >= 0.3 is 0 Å². The normalized spacial score (nSPS) is 10.7. The molecule has 0 unspecified atom stereocenters. The molecule has 8 heteroatoms. The molecular formula is C23H21N3O4S. The van der Waals surface area contributed by atoms with Gasteiger partial charge in [-0.15, -0.1) is 0 Å². The summed E-state index contributed by atoms with van der Waals surface area (Å²) in [4.78, 5) is 24.1. The van der Waals surface area contributed by atoms with E-state index in [2.05, 4.69) is 4.98 Å². The van der Waals surface area contributed by atoms with Crippen LogP contribution in [0.25, 0.3) is 10.2 Å². The van der Waals surface area contributed by atoms with Crippen LogP contribution in [0.2, 0.25) is 0 Å².